The highest BCUT2D eigenvalue weighted by atomic mass is 16.5. The van der Waals surface area contributed by atoms with Crippen LogP contribution in [0.15, 0.2) is 30.6 Å². The Hall–Kier alpha value is -1.88. The van der Waals surface area contributed by atoms with Crippen LogP contribution in [0.1, 0.15) is 18.3 Å². The van der Waals surface area contributed by atoms with Crippen molar-refractivity contribution in [3.63, 3.8) is 0 Å². The second-order valence-corrected chi connectivity index (χ2v) is 4.71. The molecule has 0 saturated heterocycles. The molecule has 0 aliphatic carbocycles. The maximum Gasteiger partial charge on any atom is 0.164 e. The molecule has 1 aromatic heterocycles. The molecule has 3 rings (SSSR count). The highest BCUT2D eigenvalue weighted by Crippen LogP contribution is 2.28. The quantitative estimate of drug-likeness (QED) is 0.880. The first-order valence-corrected chi connectivity index (χ1v) is 6.68. The first-order chi connectivity index (χ1) is 9.35. The monoisotopic (exact) mass is 258 g/mol. The molecular weight excluding hydrogens is 240 g/mol. The molecule has 1 aromatic carbocycles. The summed E-state index contributed by atoms with van der Waals surface area (Å²) in [5.74, 6) is 1.83. The highest BCUT2D eigenvalue weighted by Gasteiger charge is 2.22. The van der Waals surface area contributed by atoms with E-state index in [1.165, 1.54) is 5.56 Å². The third kappa shape index (κ3) is 2.76. The van der Waals surface area contributed by atoms with Crippen molar-refractivity contribution in [3.05, 3.63) is 42.0 Å². The van der Waals surface area contributed by atoms with Gasteiger partial charge in [0.15, 0.2) is 5.82 Å². The van der Waals surface area contributed by atoms with Crippen LogP contribution in [-0.4, -0.2) is 27.4 Å². The number of para-hydroxylation sites is 1. The zero-order chi connectivity index (χ0) is 13.1. The number of rotatable bonds is 5. The van der Waals surface area contributed by atoms with Crippen LogP contribution in [0, 0.1) is 0 Å². The van der Waals surface area contributed by atoms with Gasteiger partial charge in [-0.3, -0.25) is 0 Å². The molecule has 0 spiro atoms. The Morgan fingerprint density at radius 1 is 1.42 bits per heavy atom. The number of hydrogen-bond donors (Lipinski definition) is 1. The Morgan fingerprint density at radius 3 is 3.16 bits per heavy atom. The van der Waals surface area contributed by atoms with Crippen LogP contribution in [0.25, 0.3) is 0 Å². The predicted molar refractivity (Wildman–Crippen MR) is 72.0 cm³/mol. The lowest BCUT2D eigenvalue weighted by molar-refractivity contribution is 0.203. The summed E-state index contributed by atoms with van der Waals surface area (Å²) in [7, 11) is 0. The summed E-state index contributed by atoms with van der Waals surface area (Å²) in [5.41, 5.74) is 1.28. The maximum atomic E-state index is 5.90. The number of ether oxygens (including phenoxy) is 1. The first kappa shape index (κ1) is 12.2. The minimum atomic E-state index is 0.158. The van der Waals surface area contributed by atoms with Gasteiger partial charge < -0.3 is 10.1 Å². The molecule has 0 amide bonds. The summed E-state index contributed by atoms with van der Waals surface area (Å²) in [6.07, 6.45) is 2.88. The van der Waals surface area contributed by atoms with E-state index in [0.717, 1.165) is 37.6 Å². The molecule has 100 valence electrons. The Bertz CT molecular complexity index is 527. The Labute approximate surface area is 112 Å². The fraction of sp³-hybridized carbons (Fsp3) is 0.429. The number of hydrogen-bond acceptors (Lipinski definition) is 4. The third-order valence-electron chi connectivity index (χ3n) is 3.22. The van der Waals surface area contributed by atoms with E-state index in [0.29, 0.717) is 0 Å². The van der Waals surface area contributed by atoms with E-state index in [1.807, 2.05) is 16.8 Å². The number of benzene rings is 1. The van der Waals surface area contributed by atoms with Crippen molar-refractivity contribution in [3.8, 4) is 5.75 Å². The second kappa shape index (κ2) is 5.40. The Balaban J connectivity index is 1.60. The number of fused-ring (bicyclic) bond motifs is 1. The van der Waals surface area contributed by atoms with Gasteiger partial charge in [-0.15, -0.1) is 0 Å². The predicted octanol–water partition coefficient (Wildman–Crippen LogP) is 1.39. The molecule has 5 nitrogen and oxygen atoms in total. The summed E-state index contributed by atoms with van der Waals surface area (Å²) in [6.45, 7) is 4.46. The standard InChI is InChI=1S/C14H18N4O/c1-2-15-8-14-16-10-18(17-14)9-12-7-11-5-3-4-6-13(11)19-12/h3-6,10,12,15H,2,7-9H2,1H3. The van der Waals surface area contributed by atoms with Gasteiger partial charge in [0.1, 0.15) is 18.2 Å². The molecule has 0 radical (unpaired) electrons. The van der Waals surface area contributed by atoms with Gasteiger partial charge in [0, 0.05) is 6.42 Å². The lowest BCUT2D eigenvalue weighted by Gasteiger charge is -2.09. The normalized spacial score (nSPS) is 17.2. The van der Waals surface area contributed by atoms with Crippen LogP contribution in [-0.2, 0) is 19.5 Å². The van der Waals surface area contributed by atoms with Gasteiger partial charge in [-0.25, -0.2) is 9.67 Å². The molecular formula is C14H18N4O. The van der Waals surface area contributed by atoms with Gasteiger partial charge in [0.2, 0.25) is 0 Å². The SMILES string of the molecule is CCNCc1ncn(CC2Cc3ccccc3O2)n1. The molecule has 1 unspecified atom stereocenters. The van der Waals surface area contributed by atoms with E-state index in [2.05, 4.69) is 34.5 Å². The van der Waals surface area contributed by atoms with E-state index in [1.54, 1.807) is 6.33 Å². The smallest absolute Gasteiger partial charge is 0.164 e. The lowest BCUT2D eigenvalue weighted by Crippen LogP contribution is -2.21. The van der Waals surface area contributed by atoms with E-state index < -0.39 is 0 Å². The van der Waals surface area contributed by atoms with Crippen molar-refractivity contribution >= 4 is 0 Å². The average molecular weight is 258 g/mol. The number of nitrogens with one attached hydrogen (secondary N) is 1. The second-order valence-electron chi connectivity index (χ2n) is 4.71. The van der Waals surface area contributed by atoms with E-state index in [4.69, 9.17) is 4.74 Å². The van der Waals surface area contributed by atoms with Crippen molar-refractivity contribution in [2.24, 2.45) is 0 Å². The largest absolute Gasteiger partial charge is 0.488 e. The zero-order valence-electron chi connectivity index (χ0n) is 11.0. The molecule has 2 heterocycles. The molecule has 19 heavy (non-hydrogen) atoms. The molecule has 1 atom stereocenters. The zero-order valence-corrected chi connectivity index (χ0v) is 11.0. The molecule has 1 aliphatic rings. The van der Waals surface area contributed by atoms with E-state index in [-0.39, 0.29) is 6.10 Å². The molecule has 2 aromatic rings. The topological polar surface area (TPSA) is 52.0 Å². The fourth-order valence-electron chi connectivity index (χ4n) is 2.30. The van der Waals surface area contributed by atoms with Crippen molar-refractivity contribution in [2.75, 3.05) is 6.54 Å². The van der Waals surface area contributed by atoms with Gasteiger partial charge in [-0.05, 0) is 18.2 Å². The van der Waals surface area contributed by atoms with Crippen LogP contribution in [0.5, 0.6) is 5.75 Å². The molecule has 1 aliphatic heterocycles. The van der Waals surface area contributed by atoms with Crippen molar-refractivity contribution in [1.29, 1.82) is 0 Å². The number of nitrogens with zero attached hydrogens (tertiary/aromatic N) is 3. The molecule has 0 bridgehead atoms. The van der Waals surface area contributed by atoms with Gasteiger partial charge >= 0.3 is 0 Å². The van der Waals surface area contributed by atoms with E-state index >= 15 is 0 Å². The van der Waals surface area contributed by atoms with Crippen molar-refractivity contribution < 1.29 is 4.74 Å². The van der Waals surface area contributed by atoms with Crippen LogP contribution >= 0.6 is 0 Å². The van der Waals surface area contributed by atoms with Crippen LogP contribution in [0.3, 0.4) is 0 Å². The fourth-order valence-corrected chi connectivity index (χ4v) is 2.30. The Kier molecular flexibility index (Phi) is 3.46. The number of aromatic nitrogens is 3. The lowest BCUT2D eigenvalue weighted by atomic mass is 10.1. The summed E-state index contributed by atoms with van der Waals surface area (Å²) in [4.78, 5) is 4.28. The van der Waals surface area contributed by atoms with E-state index in [9.17, 15) is 0 Å². The van der Waals surface area contributed by atoms with Crippen LogP contribution < -0.4 is 10.1 Å². The highest BCUT2D eigenvalue weighted by molar-refractivity contribution is 5.37. The molecule has 5 heteroatoms. The van der Waals surface area contributed by atoms with Gasteiger partial charge in [-0.2, -0.15) is 5.10 Å². The molecule has 0 saturated carbocycles. The summed E-state index contributed by atoms with van der Waals surface area (Å²) in [6, 6.07) is 8.19. The third-order valence-corrected chi connectivity index (χ3v) is 3.22. The van der Waals surface area contributed by atoms with Gasteiger partial charge in [-0.1, -0.05) is 25.1 Å². The Morgan fingerprint density at radius 2 is 2.32 bits per heavy atom. The maximum absolute atomic E-state index is 5.90. The van der Waals surface area contributed by atoms with Gasteiger partial charge in [0.25, 0.3) is 0 Å². The first-order valence-electron chi connectivity index (χ1n) is 6.68. The summed E-state index contributed by atoms with van der Waals surface area (Å²) in [5, 5.41) is 7.65. The van der Waals surface area contributed by atoms with Gasteiger partial charge in [0.05, 0.1) is 13.1 Å². The summed E-state index contributed by atoms with van der Waals surface area (Å²) < 4.78 is 7.76. The minimum absolute atomic E-state index is 0.158. The van der Waals surface area contributed by atoms with Crippen molar-refractivity contribution in [2.45, 2.75) is 32.5 Å². The average Bonchev–Trinajstić information content (AvgIpc) is 3.02. The summed E-state index contributed by atoms with van der Waals surface area (Å²) >= 11 is 0. The molecule has 0 fully saturated rings. The van der Waals surface area contributed by atoms with Crippen LogP contribution in [0.4, 0.5) is 0 Å². The van der Waals surface area contributed by atoms with Crippen molar-refractivity contribution in [1.82, 2.24) is 20.1 Å². The molecule has 1 N–H and O–H groups in total. The minimum Gasteiger partial charge on any atom is -0.488 e. The van der Waals surface area contributed by atoms with Crippen LogP contribution in [0.2, 0.25) is 0 Å².